The van der Waals surface area contributed by atoms with Gasteiger partial charge in [0.05, 0.1) is 5.92 Å². The maximum atomic E-state index is 14.9. The molecule has 200 valence electrons. The van der Waals surface area contributed by atoms with Crippen LogP contribution in [0.25, 0.3) is 0 Å². The van der Waals surface area contributed by atoms with Crippen molar-refractivity contribution in [1.82, 2.24) is 20.0 Å². The molecule has 38 heavy (non-hydrogen) atoms. The number of aryl methyl sites for hydroxylation is 1. The van der Waals surface area contributed by atoms with Crippen LogP contribution in [0, 0.1) is 17.6 Å². The van der Waals surface area contributed by atoms with Crippen molar-refractivity contribution >= 4 is 23.3 Å². The molecule has 1 N–H and O–H groups in total. The van der Waals surface area contributed by atoms with E-state index in [-0.39, 0.29) is 17.5 Å². The number of carbonyl (C=O) groups is 1. The molecule has 1 aromatic heterocycles. The summed E-state index contributed by atoms with van der Waals surface area (Å²) in [6.07, 6.45) is 1.67. The average molecular weight is 542 g/mol. The van der Waals surface area contributed by atoms with Crippen molar-refractivity contribution in [2.45, 2.75) is 24.8 Å². The summed E-state index contributed by atoms with van der Waals surface area (Å²) in [6.45, 7) is 2.39. The molecule has 3 heterocycles. The summed E-state index contributed by atoms with van der Waals surface area (Å²) >= 11 is 6.03. The van der Waals surface area contributed by atoms with Crippen LogP contribution in [0.1, 0.15) is 35.9 Å². The number of benzene rings is 2. The molecule has 0 spiro atoms. The molecule has 10 heteroatoms. The lowest BCUT2D eigenvalue weighted by Gasteiger charge is -2.32. The maximum Gasteiger partial charge on any atom is 0.266 e. The van der Waals surface area contributed by atoms with E-state index in [1.165, 1.54) is 22.9 Å². The standard InChI is InChI=1S/C28H30ClF2N5O2/c1-34-27(37)11-10-26(33-34)36-16-22(21-9-8-20(30)15-24(21)31)23(17-36)28(38)35-13-2-3-25(32-12-14-35)18-4-6-19(29)7-5-18/h4-11,15,22-23,25,32H,2-3,12-14,16-17H2,1H3/t22-,23+,25+/m0/s1. The van der Waals surface area contributed by atoms with Crippen molar-refractivity contribution in [3.8, 4) is 0 Å². The predicted octanol–water partition coefficient (Wildman–Crippen LogP) is 3.89. The Bertz CT molecular complexity index is 1360. The smallest absolute Gasteiger partial charge is 0.266 e. The van der Waals surface area contributed by atoms with Crippen molar-refractivity contribution in [1.29, 1.82) is 0 Å². The van der Waals surface area contributed by atoms with Crippen LogP contribution in [0.3, 0.4) is 0 Å². The first-order valence-electron chi connectivity index (χ1n) is 12.8. The summed E-state index contributed by atoms with van der Waals surface area (Å²) in [5, 5.41) is 8.57. The van der Waals surface area contributed by atoms with Crippen molar-refractivity contribution in [2.75, 3.05) is 37.6 Å². The molecule has 2 aliphatic heterocycles. The molecule has 0 bridgehead atoms. The summed E-state index contributed by atoms with van der Waals surface area (Å²) in [4.78, 5) is 29.5. The Kier molecular flexibility index (Phi) is 7.76. The van der Waals surface area contributed by atoms with Crippen LogP contribution in [-0.2, 0) is 11.8 Å². The van der Waals surface area contributed by atoms with Gasteiger partial charge in [-0.25, -0.2) is 13.5 Å². The highest BCUT2D eigenvalue weighted by atomic mass is 35.5. The van der Waals surface area contributed by atoms with Gasteiger partial charge in [-0.15, -0.1) is 0 Å². The van der Waals surface area contributed by atoms with Crippen LogP contribution < -0.4 is 15.8 Å². The Morgan fingerprint density at radius 1 is 1.05 bits per heavy atom. The van der Waals surface area contributed by atoms with Crippen molar-refractivity contribution in [3.63, 3.8) is 0 Å². The molecule has 0 aliphatic carbocycles. The van der Waals surface area contributed by atoms with Gasteiger partial charge in [0.1, 0.15) is 17.5 Å². The number of carbonyl (C=O) groups excluding carboxylic acids is 1. The molecule has 2 aliphatic rings. The molecule has 1 amide bonds. The van der Waals surface area contributed by atoms with Crippen LogP contribution in [0.4, 0.5) is 14.6 Å². The Morgan fingerprint density at radius 2 is 1.84 bits per heavy atom. The first kappa shape index (κ1) is 26.3. The first-order valence-corrected chi connectivity index (χ1v) is 13.2. The van der Waals surface area contributed by atoms with E-state index in [1.807, 2.05) is 34.1 Å². The molecular weight excluding hydrogens is 512 g/mol. The molecular formula is C28H30ClF2N5O2. The van der Waals surface area contributed by atoms with E-state index in [0.717, 1.165) is 24.5 Å². The lowest BCUT2D eigenvalue weighted by Crippen LogP contribution is -2.45. The van der Waals surface area contributed by atoms with E-state index >= 15 is 0 Å². The molecule has 0 saturated carbocycles. The molecule has 3 aromatic rings. The van der Waals surface area contributed by atoms with Gasteiger partial charge in [0.2, 0.25) is 5.91 Å². The topological polar surface area (TPSA) is 70.5 Å². The van der Waals surface area contributed by atoms with Crippen molar-refractivity contribution in [2.24, 2.45) is 13.0 Å². The van der Waals surface area contributed by atoms with Crippen LogP contribution in [0.15, 0.2) is 59.4 Å². The Balaban J connectivity index is 1.35. The third-order valence-corrected chi connectivity index (χ3v) is 7.80. The number of nitrogens with zero attached hydrogens (tertiary/aromatic N) is 4. The minimum Gasteiger partial charge on any atom is -0.354 e. The van der Waals surface area contributed by atoms with Gasteiger partial charge in [-0.2, -0.15) is 5.10 Å². The van der Waals surface area contributed by atoms with E-state index in [4.69, 9.17) is 11.6 Å². The largest absolute Gasteiger partial charge is 0.354 e. The lowest BCUT2D eigenvalue weighted by atomic mass is 9.87. The van der Waals surface area contributed by atoms with E-state index in [1.54, 1.807) is 13.1 Å². The molecule has 0 unspecified atom stereocenters. The summed E-state index contributed by atoms with van der Waals surface area (Å²) in [5.74, 6) is -1.87. The summed E-state index contributed by atoms with van der Waals surface area (Å²) in [6, 6.07) is 14.5. The zero-order chi connectivity index (χ0) is 26.8. The quantitative estimate of drug-likeness (QED) is 0.543. The Hall–Kier alpha value is -3.30. The molecule has 2 fully saturated rings. The fraction of sp³-hybridized carbons (Fsp3) is 0.393. The minimum atomic E-state index is -0.664. The zero-order valence-electron chi connectivity index (χ0n) is 21.1. The van der Waals surface area contributed by atoms with E-state index in [9.17, 15) is 18.4 Å². The third-order valence-electron chi connectivity index (χ3n) is 7.55. The number of anilines is 1. The molecule has 3 atom stereocenters. The number of hydrogen-bond donors (Lipinski definition) is 1. The van der Waals surface area contributed by atoms with Gasteiger partial charge in [0, 0.05) is 68.9 Å². The van der Waals surface area contributed by atoms with Gasteiger partial charge in [-0.1, -0.05) is 29.8 Å². The number of rotatable bonds is 4. The van der Waals surface area contributed by atoms with Crippen LogP contribution in [0.2, 0.25) is 5.02 Å². The number of aromatic nitrogens is 2. The molecule has 0 radical (unpaired) electrons. The fourth-order valence-electron chi connectivity index (χ4n) is 5.53. The highest BCUT2D eigenvalue weighted by Crippen LogP contribution is 2.37. The lowest BCUT2D eigenvalue weighted by molar-refractivity contribution is -0.135. The number of amides is 1. The SMILES string of the molecule is Cn1nc(N2C[C@@H](C(=O)N3CCC[C@H](c4ccc(Cl)cc4)NCC3)[C@H](c3ccc(F)cc3F)C2)ccc1=O. The second-order valence-electron chi connectivity index (χ2n) is 9.96. The zero-order valence-corrected chi connectivity index (χ0v) is 21.9. The van der Waals surface area contributed by atoms with Gasteiger partial charge in [0.25, 0.3) is 5.56 Å². The minimum absolute atomic E-state index is 0.0576. The maximum absolute atomic E-state index is 14.9. The van der Waals surface area contributed by atoms with Crippen LogP contribution in [-0.4, -0.2) is 53.3 Å². The van der Waals surface area contributed by atoms with Crippen molar-refractivity contribution < 1.29 is 13.6 Å². The van der Waals surface area contributed by atoms with E-state index < -0.39 is 23.5 Å². The van der Waals surface area contributed by atoms with Gasteiger partial charge >= 0.3 is 0 Å². The molecule has 2 saturated heterocycles. The van der Waals surface area contributed by atoms with Crippen LogP contribution >= 0.6 is 11.6 Å². The molecule has 5 rings (SSSR count). The van der Waals surface area contributed by atoms with Gasteiger partial charge in [-0.3, -0.25) is 9.59 Å². The highest BCUT2D eigenvalue weighted by molar-refractivity contribution is 6.30. The molecule has 7 nitrogen and oxygen atoms in total. The van der Waals surface area contributed by atoms with Gasteiger partial charge in [-0.05, 0) is 48.2 Å². The summed E-state index contributed by atoms with van der Waals surface area (Å²) in [5.41, 5.74) is 1.23. The molecule has 2 aromatic carbocycles. The van der Waals surface area contributed by atoms with Crippen LogP contribution in [0.5, 0.6) is 0 Å². The number of halogens is 3. The predicted molar refractivity (Wildman–Crippen MR) is 142 cm³/mol. The second-order valence-corrected chi connectivity index (χ2v) is 10.4. The fourth-order valence-corrected chi connectivity index (χ4v) is 5.65. The Labute approximate surface area is 225 Å². The number of hydrogen-bond acceptors (Lipinski definition) is 5. The normalized spacial score (nSPS) is 22.3. The average Bonchev–Trinajstić information content (AvgIpc) is 3.31. The monoisotopic (exact) mass is 541 g/mol. The second kappa shape index (κ2) is 11.2. The van der Waals surface area contributed by atoms with E-state index in [0.29, 0.717) is 49.1 Å². The van der Waals surface area contributed by atoms with Crippen molar-refractivity contribution in [3.05, 3.63) is 92.7 Å². The third kappa shape index (κ3) is 5.59. The number of nitrogens with one attached hydrogen (secondary N) is 1. The van der Waals surface area contributed by atoms with Gasteiger partial charge < -0.3 is 15.1 Å². The van der Waals surface area contributed by atoms with E-state index in [2.05, 4.69) is 10.4 Å². The summed E-state index contributed by atoms with van der Waals surface area (Å²) < 4.78 is 29.8. The highest BCUT2D eigenvalue weighted by Gasteiger charge is 2.42. The summed E-state index contributed by atoms with van der Waals surface area (Å²) in [7, 11) is 1.56. The Morgan fingerprint density at radius 3 is 2.58 bits per heavy atom. The first-order chi connectivity index (χ1) is 18.3. The van der Waals surface area contributed by atoms with Gasteiger partial charge in [0.15, 0.2) is 0 Å².